The summed E-state index contributed by atoms with van der Waals surface area (Å²) in [4.78, 5) is 15.3. The highest BCUT2D eigenvalue weighted by atomic mass is 32.2. The molecule has 2 fully saturated rings. The van der Waals surface area contributed by atoms with Gasteiger partial charge in [-0.2, -0.15) is 5.10 Å². The zero-order valence-electron chi connectivity index (χ0n) is 20.7. The van der Waals surface area contributed by atoms with Gasteiger partial charge in [-0.25, -0.2) is 13.1 Å². The number of nitrogens with zero attached hydrogens (tertiary/aromatic N) is 3. The fraction of sp³-hybridized carbons (Fsp3) is 0.296. The van der Waals surface area contributed by atoms with E-state index in [9.17, 15) is 13.2 Å². The van der Waals surface area contributed by atoms with Crippen molar-refractivity contribution in [3.8, 4) is 22.7 Å². The molecule has 0 N–H and O–H groups in total. The SMILES string of the molecule is Cc1cc(-c2nn(-c3ccccc3)cc2/C=C2\SC(=S)N(C3CCS(=O)(=O)C3)C2=O)ccc1OC(C)C. The lowest BCUT2D eigenvalue weighted by Crippen LogP contribution is -2.39. The Balaban J connectivity index is 1.54. The van der Waals surface area contributed by atoms with Crippen LogP contribution in [0.4, 0.5) is 0 Å². The van der Waals surface area contributed by atoms with Crippen LogP contribution in [0.5, 0.6) is 5.75 Å². The van der Waals surface area contributed by atoms with Gasteiger partial charge in [-0.1, -0.05) is 42.2 Å². The molecule has 1 aromatic heterocycles. The number of ether oxygens (including phenoxy) is 1. The number of amides is 1. The average molecular weight is 554 g/mol. The number of benzene rings is 2. The molecular weight excluding hydrogens is 527 g/mol. The zero-order chi connectivity index (χ0) is 26.3. The van der Waals surface area contributed by atoms with Gasteiger partial charge in [0.15, 0.2) is 9.84 Å². The third-order valence-corrected chi connectivity index (χ3v) is 9.34. The van der Waals surface area contributed by atoms with Gasteiger partial charge < -0.3 is 4.74 Å². The van der Waals surface area contributed by atoms with E-state index in [0.29, 0.717) is 15.6 Å². The molecule has 3 aromatic rings. The van der Waals surface area contributed by atoms with Crippen LogP contribution >= 0.6 is 24.0 Å². The van der Waals surface area contributed by atoms with Crippen LogP contribution in [-0.4, -0.2) is 57.0 Å². The summed E-state index contributed by atoms with van der Waals surface area (Å²) in [6.45, 7) is 5.98. The first-order valence-electron chi connectivity index (χ1n) is 12.0. The van der Waals surface area contributed by atoms with Crippen LogP contribution in [0.3, 0.4) is 0 Å². The highest BCUT2D eigenvalue weighted by Gasteiger charge is 2.42. The Bertz CT molecular complexity index is 1510. The second-order valence-corrected chi connectivity index (χ2v) is 13.4. The maximum absolute atomic E-state index is 13.4. The quantitative estimate of drug-likeness (QED) is 0.313. The molecule has 0 saturated carbocycles. The number of carbonyl (C=O) groups excluding carboxylic acids is 1. The summed E-state index contributed by atoms with van der Waals surface area (Å²) in [7, 11) is -3.15. The van der Waals surface area contributed by atoms with Crippen molar-refractivity contribution in [1.29, 1.82) is 0 Å². The van der Waals surface area contributed by atoms with Crippen molar-refractivity contribution in [1.82, 2.24) is 14.7 Å². The number of rotatable bonds is 6. The van der Waals surface area contributed by atoms with E-state index in [1.54, 1.807) is 10.8 Å². The molecule has 0 aliphatic carbocycles. The van der Waals surface area contributed by atoms with Crippen molar-refractivity contribution < 1.29 is 17.9 Å². The molecular formula is C27H27N3O4S3. The normalized spacial score (nSPS) is 20.4. The Morgan fingerprint density at radius 2 is 1.95 bits per heavy atom. The number of thiocarbonyl (C=S) groups is 1. The summed E-state index contributed by atoms with van der Waals surface area (Å²) < 4.78 is 32.1. The molecule has 192 valence electrons. The molecule has 37 heavy (non-hydrogen) atoms. The number of thioether (sulfide) groups is 1. The van der Waals surface area contributed by atoms with Crippen molar-refractivity contribution in [2.45, 2.75) is 39.3 Å². The van der Waals surface area contributed by atoms with Gasteiger partial charge in [-0.05, 0) is 69.2 Å². The molecule has 1 unspecified atom stereocenters. The minimum atomic E-state index is -3.15. The molecule has 2 aromatic carbocycles. The Morgan fingerprint density at radius 3 is 2.59 bits per heavy atom. The van der Waals surface area contributed by atoms with Crippen LogP contribution in [0.15, 0.2) is 59.6 Å². The predicted molar refractivity (Wildman–Crippen MR) is 152 cm³/mol. The van der Waals surface area contributed by atoms with Gasteiger partial charge in [0.25, 0.3) is 5.91 Å². The lowest BCUT2D eigenvalue weighted by Gasteiger charge is -2.20. The van der Waals surface area contributed by atoms with E-state index in [1.165, 1.54) is 16.7 Å². The fourth-order valence-corrected chi connectivity index (χ4v) is 7.62. The molecule has 1 atom stereocenters. The second kappa shape index (κ2) is 10.1. The van der Waals surface area contributed by atoms with Gasteiger partial charge in [-0.3, -0.25) is 9.69 Å². The summed E-state index contributed by atoms with van der Waals surface area (Å²) in [5, 5.41) is 4.87. The number of aryl methyl sites for hydroxylation is 1. The molecule has 2 aliphatic heterocycles. The van der Waals surface area contributed by atoms with E-state index in [2.05, 4.69) is 0 Å². The van der Waals surface area contributed by atoms with Crippen LogP contribution in [0.2, 0.25) is 0 Å². The third kappa shape index (κ3) is 5.37. The Kier molecular flexibility index (Phi) is 6.99. The summed E-state index contributed by atoms with van der Waals surface area (Å²) >= 11 is 6.70. The van der Waals surface area contributed by atoms with E-state index >= 15 is 0 Å². The first-order valence-corrected chi connectivity index (χ1v) is 15.1. The van der Waals surface area contributed by atoms with Gasteiger partial charge >= 0.3 is 0 Å². The summed E-state index contributed by atoms with van der Waals surface area (Å²) in [5.74, 6) is 0.591. The molecule has 10 heteroatoms. The zero-order valence-corrected chi connectivity index (χ0v) is 23.2. The van der Waals surface area contributed by atoms with Crippen molar-refractivity contribution in [3.63, 3.8) is 0 Å². The number of hydrogen-bond acceptors (Lipinski definition) is 7. The molecule has 0 bridgehead atoms. The second-order valence-electron chi connectivity index (χ2n) is 9.47. The molecule has 3 heterocycles. The maximum Gasteiger partial charge on any atom is 0.266 e. The van der Waals surface area contributed by atoms with E-state index in [1.807, 2.05) is 75.5 Å². The number of sulfone groups is 1. The van der Waals surface area contributed by atoms with Crippen LogP contribution in [-0.2, 0) is 14.6 Å². The van der Waals surface area contributed by atoms with Crippen molar-refractivity contribution >= 4 is 50.1 Å². The van der Waals surface area contributed by atoms with Crippen molar-refractivity contribution in [2.24, 2.45) is 0 Å². The summed E-state index contributed by atoms with van der Waals surface area (Å²) in [6, 6.07) is 15.3. The Morgan fingerprint density at radius 1 is 1.19 bits per heavy atom. The largest absolute Gasteiger partial charge is 0.491 e. The maximum atomic E-state index is 13.4. The summed E-state index contributed by atoms with van der Waals surface area (Å²) in [6.07, 6.45) is 4.17. The lowest BCUT2D eigenvalue weighted by molar-refractivity contribution is -0.123. The van der Waals surface area contributed by atoms with Crippen LogP contribution in [0, 0.1) is 6.92 Å². The van der Waals surface area contributed by atoms with Gasteiger partial charge in [-0.15, -0.1) is 0 Å². The van der Waals surface area contributed by atoms with Crippen LogP contribution in [0.1, 0.15) is 31.4 Å². The highest BCUT2D eigenvalue weighted by Crippen LogP contribution is 2.38. The van der Waals surface area contributed by atoms with Crippen molar-refractivity contribution in [2.75, 3.05) is 11.5 Å². The Hall–Kier alpha value is -2.95. The fourth-order valence-electron chi connectivity index (χ4n) is 4.53. The van der Waals surface area contributed by atoms with E-state index in [4.69, 9.17) is 22.1 Å². The number of carbonyl (C=O) groups is 1. The highest BCUT2D eigenvalue weighted by molar-refractivity contribution is 8.26. The molecule has 0 spiro atoms. The third-order valence-electron chi connectivity index (χ3n) is 6.26. The van der Waals surface area contributed by atoms with Gasteiger partial charge in [0.05, 0.1) is 34.2 Å². The number of aromatic nitrogens is 2. The monoisotopic (exact) mass is 553 g/mol. The minimum absolute atomic E-state index is 0.0476. The Labute approximate surface area is 226 Å². The van der Waals surface area contributed by atoms with E-state index in [0.717, 1.165) is 33.8 Å². The molecule has 7 nitrogen and oxygen atoms in total. The van der Waals surface area contributed by atoms with Crippen molar-refractivity contribution in [3.05, 3.63) is 70.8 Å². The molecule has 2 saturated heterocycles. The van der Waals surface area contributed by atoms with Crippen LogP contribution in [0.25, 0.3) is 23.0 Å². The number of hydrogen-bond donors (Lipinski definition) is 0. The predicted octanol–water partition coefficient (Wildman–Crippen LogP) is 5.02. The van der Waals surface area contributed by atoms with Gasteiger partial charge in [0, 0.05) is 17.3 Å². The smallest absolute Gasteiger partial charge is 0.266 e. The summed E-state index contributed by atoms with van der Waals surface area (Å²) in [5.41, 5.74) is 4.26. The van der Waals surface area contributed by atoms with Gasteiger partial charge in [0.2, 0.25) is 0 Å². The molecule has 5 rings (SSSR count). The standard InChI is InChI=1S/C27H27N3O4S3/c1-17(2)34-23-10-9-19(13-18(23)3)25-20(15-29(28-25)21-7-5-4-6-8-21)14-24-26(31)30(27(35)36-24)22-11-12-37(32,33)16-22/h4-10,13-15,17,22H,11-12,16H2,1-3H3/b24-14-. The van der Waals surface area contributed by atoms with Crippen LogP contribution < -0.4 is 4.74 Å². The molecule has 0 radical (unpaired) electrons. The molecule has 2 aliphatic rings. The van der Waals surface area contributed by atoms with E-state index < -0.39 is 15.9 Å². The number of para-hydroxylation sites is 1. The first-order chi connectivity index (χ1) is 17.6. The minimum Gasteiger partial charge on any atom is -0.491 e. The van der Waals surface area contributed by atoms with Gasteiger partial charge in [0.1, 0.15) is 15.8 Å². The first kappa shape index (κ1) is 25.7. The topological polar surface area (TPSA) is 81.5 Å². The van der Waals surface area contributed by atoms with E-state index in [-0.39, 0.29) is 23.5 Å². The average Bonchev–Trinajstić information content (AvgIpc) is 3.51. The molecule has 1 amide bonds. The lowest BCUT2D eigenvalue weighted by atomic mass is 10.0.